The summed E-state index contributed by atoms with van der Waals surface area (Å²) in [6.07, 6.45) is 6.70. The second kappa shape index (κ2) is 8.25. The number of rotatable bonds is 2. The summed E-state index contributed by atoms with van der Waals surface area (Å²) in [6, 6.07) is 16.5. The van der Waals surface area contributed by atoms with E-state index in [0.29, 0.717) is 12.6 Å². The van der Waals surface area contributed by atoms with Gasteiger partial charge in [0.05, 0.1) is 24.0 Å². The predicted molar refractivity (Wildman–Crippen MR) is 127 cm³/mol. The maximum absolute atomic E-state index is 13.2. The number of nitrogens with one attached hydrogen (secondary N) is 3. The number of hydrogen-bond acceptors (Lipinski definition) is 3. The van der Waals surface area contributed by atoms with Crippen LogP contribution < -0.4 is 16.0 Å². The van der Waals surface area contributed by atoms with Crippen molar-refractivity contribution in [2.75, 3.05) is 29.0 Å². The Bertz CT molecular complexity index is 997. The summed E-state index contributed by atoms with van der Waals surface area (Å²) in [5.74, 6) is 0.992. The van der Waals surface area contributed by atoms with E-state index in [1.165, 1.54) is 12.8 Å². The van der Waals surface area contributed by atoms with Gasteiger partial charge in [-0.15, -0.1) is 0 Å². The van der Waals surface area contributed by atoms with Crippen LogP contribution >= 0.6 is 0 Å². The molecule has 2 aliphatic heterocycles. The predicted octanol–water partition coefficient (Wildman–Crippen LogP) is 5.24. The van der Waals surface area contributed by atoms with E-state index >= 15 is 0 Å². The van der Waals surface area contributed by atoms with Gasteiger partial charge in [-0.1, -0.05) is 43.2 Å². The fourth-order valence-corrected chi connectivity index (χ4v) is 5.07. The van der Waals surface area contributed by atoms with E-state index in [1.807, 2.05) is 48.2 Å². The fourth-order valence-electron chi connectivity index (χ4n) is 5.07. The highest BCUT2D eigenvalue weighted by atomic mass is 16.2. The molecule has 1 aliphatic carbocycles. The first-order valence-corrected chi connectivity index (χ1v) is 11.5. The van der Waals surface area contributed by atoms with E-state index in [4.69, 9.17) is 4.99 Å². The Labute approximate surface area is 184 Å². The largest absolute Gasteiger partial charge is 0.370 e. The molecule has 2 aromatic carbocycles. The standard InChI is InChI=1S/C25H31N5O/c1-18-9-2-5-12-20(18)28-24(31)30-16-8-15-25(17-30)23(26-19-10-3-4-11-19)27-21-13-6-7-14-22(21)29-25/h2,5-7,9,12-14,19,29H,3-4,8,10-11,15-17H2,1H3,(H,26,27)(H,28,31)/t25-/m0/s1. The van der Waals surface area contributed by atoms with Gasteiger partial charge in [0, 0.05) is 12.2 Å². The number of piperidine rings is 1. The Morgan fingerprint density at radius 2 is 1.81 bits per heavy atom. The van der Waals surface area contributed by atoms with Gasteiger partial charge in [-0.05, 0) is 56.4 Å². The lowest BCUT2D eigenvalue weighted by Gasteiger charge is -2.47. The number of para-hydroxylation sites is 3. The molecule has 0 bridgehead atoms. The van der Waals surface area contributed by atoms with Gasteiger partial charge in [-0.2, -0.15) is 0 Å². The highest BCUT2D eigenvalue weighted by molar-refractivity contribution is 6.10. The zero-order chi connectivity index (χ0) is 21.3. The van der Waals surface area contributed by atoms with Gasteiger partial charge in [-0.3, -0.25) is 4.99 Å². The molecule has 1 spiro atoms. The van der Waals surface area contributed by atoms with Crippen LogP contribution in [0.25, 0.3) is 0 Å². The molecule has 6 nitrogen and oxygen atoms in total. The summed E-state index contributed by atoms with van der Waals surface area (Å²) < 4.78 is 0. The van der Waals surface area contributed by atoms with Crippen LogP contribution in [0.1, 0.15) is 44.1 Å². The van der Waals surface area contributed by atoms with Crippen LogP contribution in [0.2, 0.25) is 0 Å². The minimum Gasteiger partial charge on any atom is -0.370 e. The maximum Gasteiger partial charge on any atom is 0.321 e. The fraction of sp³-hybridized carbons (Fsp3) is 0.440. The molecule has 3 N–H and O–H groups in total. The maximum atomic E-state index is 13.2. The first-order chi connectivity index (χ1) is 15.1. The number of amidine groups is 1. The zero-order valence-electron chi connectivity index (χ0n) is 18.2. The van der Waals surface area contributed by atoms with Gasteiger partial charge in [0.1, 0.15) is 11.4 Å². The molecular formula is C25H31N5O. The van der Waals surface area contributed by atoms with Gasteiger partial charge < -0.3 is 20.9 Å². The summed E-state index contributed by atoms with van der Waals surface area (Å²) in [5, 5.41) is 10.5. The average Bonchev–Trinajstić information content (AvgIpc) is 3.29. The van der Waals surface area contributed by atoms with E-state index in [2.05, 4.69) is 28.1 Å². The highest BCUT2D eigenvalue weighted by Crippen LogP contribution is 2.37. The van der Waals surface area contributed by atoms with Crippen LogP contribution in [0.4, 0.5) is 21.9 Å². The molecule has 1 atom stereocenters. The molecular weight excluding hydrogens is 386 g/mol. The Morgan fingerprint density at radius 1 is 1.06 bits per heavy atom. The molecule has 2 amide bonds. The van der Waals surface area contributed by atoms with Crippen LogP contribution in [-0.4, -0.2) is 41.4 Å². The number of aryl methyl sites for hydroxylation is 1. The van der Waals surface area contributed by atoms with E-state index in [1.54, 1.807) is 0 Å². The van der Waals surface area contributed by atoms with Gasteiger partial charge in [0.25, 0.3) is 0 Å². The molecule has 1 saturated carbocycles. The van der Waals surface area contributed by atoms with Gasteiger partial charge in [0.2, 0.25) is 0 Å². The average molecular weight is 418 g/mol. The first kappa shape index (κ1) is 19.9. The Hall–Kier alpha value is -3.02. The Kier molecular flexibility index (Phi) is 5.30. The molecule has 1 saturated heterocycles. The number of fused-ring (bicyclic) bond motifs is 1. The molecule has 0 radical (unpaired) electrons. The molecule has 6 heteroatoms. The highest BCUT2D eigenvalue weighted by Gasteiger charge is 2.45. The SMILES string of the molecule is Cc1ccccc1NC(=O)N1CCC[C@@]2(C1)Nc1ccccc1NC2=NC1CCCC1. The van der Waals surface area contributed by atoms with Crippen molar-refractivity contribution in [2.45, 2.75) is 57.0 Å². The molecule has 5 rings (SSSR count). The topological polar surface area (TPSA) is 68.8 Å². The Morgan fingerprint density at radius 3 is 2.61 bits per heavy atom. The molecule has 2 aromatic rings. The lowest BCUT2D eigenvalue weighted by Crippen LogP contribution is -2.63. The van der Waals surface area contributed by atoms with E-state index in [9.17, 15) is 4.79 Å². The summed E-state index contributed by atoms with van der Waals surface area (Å²) >= 11 is 0. The second-order valence-corrected chi connectivity index (χ2v) is 9.06. The number of amides is 2. The second-order valence-electron chi connectivity index (χ2n) is 9.06. The lowest BCUT2D eigenvalue weighted by molar-refractivity contribution is 0.187. The molecule has 162 valence electrons. The molecule has 0 aromatic heterocycles. The number of nitrogens with zero attached hydrogens (tertiary/aromatic N) is 2. The van der Waals surface area contributed by atoms with Crippen molar-refractivity contribution in [1.82, 2.24) is 4.90 Å². The van der Waals surface area contributed by atoms with E-state index in [-0.39, 0.29) is 11.6 Å². The normalized spacial score (nSPS) is 24.5. The van der Waals surface area contributed by atoms with Gasteiger partial charge in [0.15, 0.2) is 0 Å². The minimum absolute atomic E-state index is 0.0470. The van der Waals surface area contributed by atoms with E-state index in [0.717, 1.165) is 60.7 Å². The Balaban J connectivity index is 1.42. The number of anilines is 3. The minimum atomic E-state index is -0.377. The summed E-state index contributed by atoms with van der Waals surface area (Å²) in [6.45, 7) is 3.36. The number of hydrogen-bond donors (Lipinski definition) is 3. The number of likely N-dealkylation sites (tertiary alicyclic amines) is 1. The third-order valence-corrected chi connectivity index (χ3v) is 6.81. The van der Waals surface area contributed by atoms with E-state index < -0.39 is 0 Å². The molecule has 2 fully saturated rings. The molecule has 0 unspecified atom stereocenters. The smallest absolute Gasteiger partial charge is 0.321 e. The van der Waals surface area contributed by atoms with Gasteiger partial charge >= 0.3 is 6.03 Å². The monoisotopic (exact) mass is 417 g/mol. The van der Waals surface area contributed by atoms with Crippen molar-refractivity contribution in [3.63, 3.8) is 0 Å². The first-order valence-electron chi connectivity index (χ1n) is 11.5. The van der Waals surface area contributed by atoms with Crippen molar-refractivity contribution < 1.29 is 4.79 Å². The quantitative estimate of drug-likeness (QED) is 0.626. The van der Waals surface area contributed by atoms with Gasteiger partial charge in [-0.25, -0.2) is 4.79 Å². The third-order valence-electron chi connectivity index (χ3n) is 6.81. The van der Waals surface area contributed by atoms with Crippen LogP contribution in [0.15, 0.2) is 53.5 Å². The number of urea groups is 1. The number of carbonyl (C=O) groups is 1. The number of benzene rings is 2. The van der Waals surface area contributed by atoms with Crippen molar-refractivity contribution in [1.29, 1.82) is 0 Å². The van der Waals surface area contributed by atoms with Crippen LogP contribution in [-0.2, 0) is 0 Å². The lowest BCUT2D eigenvalue weighted by atomic mass is 9.85. The number of aliphatic imine (C=N–C) groups is 1. The van der Waals surface area contributed by atoms with Crippen molar-refractivity contribution >= 4 is 28.9 Å². The van der Waals surface area contributed by atoms with Crippen molar-refractivity contribution in [3.05, 3.63) is 54.1 Å². The number of carbonyl (C=O) groups excluding carboxylic acids is 1. The van der Waals surface area contributed by atoms with Crippen LogP contribution in [0.5, 0.6) is 0 Å². The third kappa shape index (κ3) is 3.99. The summed E-state index contributed by atoms with van der Waals surface area (Å²) in [5.41, 5.74) is 3.70. The van der Waals surface area contributed by atoms with Crippen molar-refractivity contribution in [2.24, 2.45) is 4.99 Å². The van der Waals surface area contributed by atoms with Crippen molar-refractivity contribution in [3.8, 4) is 0 Å². The summed E-state index contributed by atoms with van der Waals surface area (Å²) in [4.78, 5) is 20.3. The van der Waals surface area contributed by atoms with Crippen LogP contribution in [0.3, 0.4) is 0 Å². The zero-order valence-corrected chi connectivity index (χ0v) is 18.2. The molecule has 3 aliphatic rings. The van der Waals surface area contributed by atoms with Crippen LogP contribution in [0, 0.1) is 6.92 Å². The molecule has 2 heterocycles. The summed E-state index contributed by atoms with van der Waals surface area (Å²) in [7, 11) is 0. The molecule has 31 heavy (non-hydrogen) atoms.